The van der Waals surface area contributed by atoms with E-state index in [1.54, 1.807) is 16.4 Å². The molecule has 0 aliphatic heterocycles. The Labute approximate surface area is 130 Å². The molecule has 2 heterocycles. The van der Waals surface area contributed by atoms with Crippen LogP contribution >= 0.6 is 35.1 Å². The molecule has 0 atom stereocenters. The Morgan fingerprint density at radius 1 is 1.45 bits per heavy atom. The number of hydrogen-bond donors (Lipinski definition) is 1. The molecule has 0 aromatic carbocycles. The zero-order chi connectivity index (χ0) is 14.7. The summed E-state index contributed by atoms with van der Waals surface area (Å²) in [5.74, 6) is -0.0873. The lowest BCUT2D eigenvalue weighted by atomic mass is 10.3. The van der Waals surface area contributed by atoms with Crippen LogP contribution in [0.15, 0.2) is 15.3 Å². The number of amides is 1. The van der Waals surface area contributed by atoms with Crippen molar-refractivity contribution in [1.29, 1.82) is 0 Å². The van der Waals surface area contributed by atoms with Crippen LogP contribution in [0.3, 0.4) is 0 Å². The van der Waals surface area contributed by atoms with Crippen LogP contribution in [-0.4, -0.2) is 32.6 Å². The monoisotopic (exact) mass is 328 g/mol. The van der Waals surface area contributed by atoms with Crippen LogP contribution in [0.5, 0.6) is 0 Å². The Bertz CT molecular complexity index is 579. The molecular weight excluding hydrogens is 312 g/mol. The van der Waals surface area contributed by atoms with Gasteiger partial charge in [0, 0.05) is 12.7 Å². The molecule has 1 amide bonds. The predicted octanol–water partition coefficient (Wildman–Crippen LogP) is 2.56. The summed E-state index contributed by atoms with van der Waals surface area (Å²) in [6, 6.07) is 1.97. The predicted molar refractivity (Wildman–Crippen MR) is 84.8 cm³/mol. The summed E-state index contributed by atoms with van der Waals surface area (Å²) in [4.78, 5) is 12.3. The van der Waals surface area contributed by atoms with Crippen molar-refractivity contribution in [2.75, 3.05) is 12.5 Å². The summed E-state index contributed by atoms with van der Waals surface area (Å²) in [5, 5.41) is 8.03. The van der Waals surface area contributed by atoms with Gasteiger partial charge in [0.25, 0.3) is 5.91 Å². The molecule has 0 bridgehead atoms. The van der Waals surface area contributed by atoms with Crippen LogP contribution in [0.25, 0.3) is 0 Å². The smallest absolute Gasteiger partial charge is 0.256 e. The number of carbonyl (C=O) groups excluding carboxylic acids is 1. The zero-order valence-electron chi connectivity index (χ0n) is 11.8. The van der Waals surface area contributed by atoms with Crippen LogP contribution in [0, 0.1) is 6.92 Å². The highest BCUT2D eigenvalue weighted by Gasteiger charge is 2.20. The maximum atomic E-state index is 12.3. The Morgan fingerprint density at radius 3 is 2.75 bits per heavy atom. The molecule has 0 aliphatic rings. The topological polar surface area (TPSA) is 59.8 Å². The Kier molecular flexibility index (Phi) is 5.11. The standard InChI is InChI=1S/C12H16N4OS3/c1-7-5-8(14-16(7)2)6-13-10(17)9-11(18-3)15-20-12(9)19-4/h5H,6H2,1-4H3,(H,13,17). The van der Waals surface area contributed by atoms with E-state index in [9.17, 15) is 4.79 Å². The first kappa shape index (κ1) is 15.4. The van der Waals surface area contributed by atoms with E-state index in [1.165, 1.54) is 23.3 Å². The first-order chi connectivity index (χ1) is 9.56. The van der Waals surface area contributed by atoms with Gasteiger partial charge < -0.3 is 5.32 Å². The molecule has 2 rings (SSSR count). The van der Waals surface area contributed by atoms with E-state index in [0.717, 1.165) is 20.6 Å². The minimum Gasteiger partial charge on any atom is -0.346 e. The van der Waals surface area contributed by atoms with Gasteiger partial charge in [-0.15, -0.1) is 23.5 Å². The van der Waals surface area contributed by atoms with Crippen molar-refractivity contribution in [3.8, 4) is 0 Å². The molecule has 1 N–H and O–H groups in total. The highest BCUT2D eigenvalue weighted by molar-refractivity contribution is 8.01. The van der Waals surface area contributed by atoms with Crippen LogP contribution in [0.1, 0.15) is 21.7 Å². The summed E-state index contributed by atoms with van der Waals surface area (Å²) in [6.07, 6.45) is 3.88. The normalized spacial score (nSPS) is 10.8. The second kappa shape index (κ2) is 6.64. The van der Waals surface area contributed by atoms with Gasteiger partial charge in [0.15, 0.2) is 0 Å². The molecule has 0 saturated carbocycles. The van der Waals surface area contributed by atoms with Crippen molar-refractivity contribution in [2.45, 2.75) is 22.7 Å². The van der Waals surface area contributed by atoms with Crippen molar-refractivity contribution >= 4 is 41.0 Å². The highest BCUT2D eigenvalue weighted by atomic mass is 32.2. The summed E-state index contributed by atoms with van der Waals surface area (Å²) in [5.41, 5.74) is 2.61. The Balaban J connectivity index is 2.10. The van der Waals surface area contributed by atoms with E-state index in [0.29, 0.717) is 12.1 Å². The van der Waals surface area contributed by atoms with Gasteiger partial charge in [-0.1, -0.05) is 0 Å². The lowest BCUT2D eigenvalue weighted by molar-refractivity contribution is 0.0945. The van der Waals surface area contributed by atoms with Crippen molar-refractivity contribution in [3.63, 3.8) is 0 Å². The minimum absolute atomic E-state index is 0.0873. The Morgan fingerprint density at radius 2 is 2.20 bits per heavy atom. The minimum atomic E-state index is -0.0873. The van der Waals surface area contributed by atoms with Gasteiger partial charge in [-0.05, 0) is 37.0 Å². The molecule has 0 radical (unpaired) electrons. The lowest BCUT2D eigenvalue weighted by Crippen LogP contribution is -2.23. The highest BCUT2D eigenvalue weighted by Crippen LogP contribution is 2.32. The van der Waals surface area contributed by atoms with E-state index >= 15 is 0 Å². The van der Waals surface area contributed by atoms with E-state index in [4.69, 9.17) is 0 Å². The largest absolute Gasteiger partial charge is 0.346 e. The fraction of sp³-hybridized carbons (Fsp3) is 0.417. The van der Waals surface area contributed by atoms with Crippen LogP contribution < -0.4 is 5.32 Å². The van der Waals surface area contributed by atoms with Gasteiger partial charge in [0.05, 0.1) is 22.0 Å². The molecule has 0 aliphatic carbocycles. The third kappa shape index (κ3) is 3.18. The number of aryl methyl sites for hydroxylation is 2. The fourth-order valence-corrected chi connectivity index (χ4v) is 3.99. The maximum Gasteiger partial charge on any atom is 0.256 e. The first-order valence-electron chi connectivity index (χ1n) is 5.92. The molecule has 108 valence electrons. The first-order valence-corrected chi connectivity index (χ1v) is 9.14. The molecule has 2 aromatic heterocycles. The molecule has 0 unspecified atom stereocenters. The zero-order valence-corrected chi connectivity index (χ0v) is 14.2. The lowest BCUT2D eigenvalue weighted by Gasteiger charge is -2.04. The van der Waals surface area contributed by atoms with Gasteiger partial charge >= 0.3 is 0 Å². The van der Waals surface area contributed by atoms with Gasteiger partial charge in [-0.3, -0.25) is 9.48 Å². The summed E-state index contributed by atoms with van der Waals surface area (Å²) < 4.78 is 7.05. The Hall–Kier alpha value is -0.990. The number of aromatic nitrogens is 3. The SMILES string of the molecule is CSc1nsc(SC)c1C(=O)NCc1cc(C)n(C)n1. The van der Waals surface area contributed by atoms with Gasteiger partial charge in [-0.25, -0.2) is 0 Å². The number of nitrogens with one attached hydrogen (secondary N) is 1. The van der Waals surface area contributed by atoms with Crippen LogP contribution in [0.4, 0.5) is 0 Å². The maximum absolute atomic E-state index is 12.3. The summed E-state index contributed by atoms with van der Waals surface area (Å²) in [6.45, 7) is 2.41. The molecule has 0 spiro atoms. The van der Waals surface area contributed by atoms with E-state index < -0.39 is 0 Å². The van der Waals surface area contributed by atoms with E-state index in [-0.39, 0.29) is 5.91 Å². The molecule has 2 aromatic rings. The summed E-state index contributed by atoms with van der Waals surface area (Å²) >= 11 is 4.41. The van der Waals surface area contributed by atoms with E-state index in [1.807, 2.05) is 32.5 Å². The third-order valence-electron chi connectivity index (χ3n) is 2.83. The van der Waals surface area contributed by atoms with E-state index in [2.05, 4.69) is 14.8 Å². The van der Waals surface area contributed by atoms with Gasteiger partial charge in [-0.2, -0.15) is 9.47 Å². The molecule has 0 fully saturated rings. The molecule has 0 saturated heterocycles. The van der Waals surface area contributed by atoms with Crippen molar-refractivity contribution in [2.24, 2.45) is 7.05 Å². The third-order valence-corrected chi connectivity index (χ3v) is 5.57. The van der Waals surface area contributed by atoms with Crippen molar-refractivity contribution in [3.05, 3.63) is 23.0 Å². The van der Waals surface area contributed by atoms with Gasteiger partial charge in [0.1, 0.15) is 5.03 Å². The molecule has 20 heavy (non-hydrogen) atoms. The molecule has 5 nitrogen and oxygen atoms in total. The average Bonchev–Trinajstić information content (AvgIpc) is 2.99. The number of thioether (sulfide) groups is 2. The van der Waals surface area contributed by atoms with Crippen LogP contribution in [-0.2, 0) is 13.6 Å². The number of rotatable bonds is 5. The molecule has 8 heteroatoms. The number of hydrogen-bond acceptors (Lipinski definition) is 6. The quantitative estimate of drug-likeness (QED) is 0.855. The van der Waals surface area contributed by atoms with Crippen molar-refractivity contribution < 1.29 is 4.79 Å². The molecular formula is C12H16N4OS3. The van der Waals surface area contributed by atoms with Crippen LogP contribution in [0.2, 0.25) is 0 Å². The fourth-order valence-electron chi connectivity index (χ4n) is 1.71. The number of nitrogens with zero attached hydrogens (tertiary/aromatic N) is 3. The average molecular weight is 328 g/mol. The second-order valence-corrected chi connectivity index (χ2v) is 6.79. The summed E-state index contributed by atoms with van der Waals surface area (Å²) in [7, 11) is 1.89. The second-order valence-electron chi connectivity index (χ2n) is 4.14. The van der Waals surface area contributed by atoms with Gasteiger partial charge in [0.2, 0.25) is 0 Å². The van der Waals surface area contributed by atoms with Crippen molar-refractivity contribution in [1.82, 2.24) is 19.5 Å². The number of carbonyl (C=O) groups is 1.